The van der Waals surface area contributed by atoms with E-state index >= 15 is 0 Å². The molecule has 0 aromatic rings. The van der Waals surface area contributed by atoms with E-state index in [9.17, 15) is 0 Å². The Morgan fingerprint density at radius 2 is 1.85 bits per heavy atom. The van der Waals surface area contributed by atoms with Crippen LogP contribution in [0.25, 0.3) is 0 Å². The third-order valence-electron chi connectivity index (χ3n) is 3.42. The first kappa shape index (κ1) is 9.41. The second-order valence-corrected chi connectivity index (χ2v) is 4.71. The highest BCUT2D eigenvalue weighted by Gasteiger charge is 2.33. The molecule has 1 saturated carbocycles. The van der Waals surface area contributed by atoms with Gasteiger partial charge in [-0.25, -0.2) is 0 Å². The lowest BCUT2D eigenvalue weighted by atomic mass is 10.1. The standard InChI is InChI=1S/C10H18N2S/c11-10(13)9-6-3-7-12(9)8-4-1-2-5-8/h8-9H,1-7H2,(H2,11,13). The average molecular weight is 198 g/mol. The Hall–Kier alpha value is -0.150. The van der Waals surface area contributed by atoms with Gasteiger partial charge in [0.2, 0.25) is 0 Å². The molecule has 0 aromatic carbocycles. The fraction of sp³-hybridized carbons (Fsp3) is 0.900. The van der Waals surface area contributed by atoms with Crippen LogP contribution in [-0.4, -0.2) is 28.5 Å². The van der Waals surface area contributed by atoms with Crippen LogP contribution in [0.5, 0.6) is 0 Å². The minimum atomic E-state index is 0.415. The summed E-state index contributed by atoms with van der Waals surface area (Å²) < 4.78 is 0. The highest BCUT2D eigenvalue weighted by molar-refractivity contribution is 7.80. The first-order valence-corrected chi connectivity index (χ1v) is 5.75. The Morgan fingerprint density at radius 1 is 1.15 bits per heavy atom. The average Bonchev–Trinajstić information content (AvgIpc) is 2.74. The molecule has 2 nitrogen and oxygen atoms in total. The van der Waals surface area contributed by atoms with E-state index in [1.165, 1.54) is 45.1 Å². The van der Waals surface area contributed by atoms with Crippen molar-refractivity contribution in [3.05, 3.63) is 0 Å². The molecule has 1 unspecified atom stereocenters. The molecule has 2 aliphatic rings. The molecule has 1 atom stereocenters. The monoisotopic (exact) mass is 198 g/mol. The number of nitrogens with zero attached hydrogens (tertiary/aromatic N) is 1. The topological polar surface area (TPSA) is 29.3 Å². The van der Waals surface area contributed by atoms with Crippen LogP contribution >= 0.6 is 12.2 Å². The number of hydrogen-bond donors (Lipinski definition) is 1. The smallest absolute Gasteiger partial charge is 0.0902 e. The molecule has 2 fully saturated rings. The number of rotatable bonds is 2. The lowest BCUT2D eigenvalue weighted by Crippen LogP contribution is -2.44. The van der Waals surface area contributed by atoms with Crippen LogP contribution in [0.15, 0.2) is 0 Å². The Morgan fingerprint density at radius 3 is 2.46 bits per heavy atom. The molecule has 0 radical (unpaired) electrons. The molecule has 13 heavy (non-hydrogen) atoms. The van der Waals surface area contributed by atoms with Gasteiger partial charge in [-0.05, 0) is 32.2 Å². The van der Waals surface area contributed by atoms with E-state index in [2.05, 4.69) is 4.90 Å². The van der Waals surface area contributed by atoms with Gasteiger partial charge in [-0.2, -0.15) is 0 Å². The van der Waals surface area contributed by atoms with Gasteiger partial charge in [-0.15, -0.1) is 0 Å². The summed E-state index contributed by atoms with van der Waals surface area (Å²) in [7, 11) is 0. The molecular weight excluding hydrogens is 180 g/mol. The number of thiocarbonyl (C=S) groups is 1. The summed E-state index contributed by atoms with van der Waals surface area (Å²) in [5.74, 6) is 0. The van der Waals surface area contributed by atoms with Crippen molar-refractivity contribution < 1.29 is 0 Å². The zero-order valence-electron chi connectivity index (χ0n) is 8.04. The Labute approximate surface area is 85.5 Å². The zero-order chi connectivity index (χ0) is 9.26. The van der Waals surface area contributed by atoms with Gasteiger partial charge >= 0.3 is 0 Å². The summed E-state index contributed by atoms with van der Waals surface area (Å²) in [5.41, 5.74) is 5.75. The molecule has 1 heterocycles. The van der Waals surface area contributed by atoms with Gasteiger partial charge < -0.3 is 5.73 Å². The molecule has 1 saturated heterocycles. The van der Waals surface area contributed by atoms with E-state index in [4.69, 9.17) is 18.0 Å². The van der Waals surface area contributed by atoms with Gasteiger partial charge in [-0.1, -0.05) is 25.1 Å². The second kappa shape index (κ2) is 3.93. The largest absolute Gasteiger partial charge is 0.392 e. The second-order valence-electron chi connectivity index (χ2n) is 4.24. The van der Waals surface area contributed by atoms with Crippen molar-refractivity contribution in [2.75, 3.05) is 6.54 Å². The normalized spacial score (nSPS) is 31.2. The van der Waals surface area contributed by atoms with Crippen LogP contribution in [-0.2, 0) is 0 Å². The molecule has 1 aliphatic heterocycles. The Kier molecular flexibility index (Phi) is 2.84. The van der Waals surface area contributed by atoms with E-state index in [0.717, 1.165) is 6.04 Å². The quantitative estimate of drug-likeness (QED) is 0.685. The van der Waals surface area contributed by atoms with Crippen molar-refractivity contribution in [3.63, 3.8) is 0 Å². The Balaban J connectivity index is 2.00. The van der Waals surface area contributed by atoms with Crippen LogP contribution in [0, 0.1) is 0 Å². The summed E-state index contributed by atoms with van der Waals surface area (Å²) in [5, 5.41) is 0. The minimum Gasteiger partial charge on any atom is -0.392 e. The van der Waals surface area contributed by atoms with Crippen LogP contribution in [0.4, 0.5) is 0 Å². The molecular formula is C10H18N2S. The van der Waals surface area contributed by atoms with Crippen molar-refractivity contribution in [2.24, 2.45) is 5.73 Å². The van der Waals surface area contributed by atoms with Gasteiger partial charge in [0, 0.05) is 6.04 Å². The highest BCUT2D eigenvalue weighted by Crippen LogP contribution is 2.29. The fourth-order valence-corrected chi connectivity index (χ4v) is 3.02. The number of hydrogen-bond acceptors (Lipinski definition) is 2. The lowest BCUT2D eigenvalue weighted by molar-refractivity contribution is 0.219. The summed E-state index contributed by atoms with van der Waals surface area (Å²) in [4.78, 5) is 3.26. The lowest BCUT2D eigenvalue weighted by Gasteiger charge is -2.29. The summed E-state index contributed by atoms with van der Waals surface area (Å²) in [6.07, 6.45) is 7.97. The SMILES string of the molecule is NC(=S)C1CCCN1C1CCCC1. The molecule has 0 amide bonds. The van der Waals surface area contributed by atoms with Crippen LogP contribution in [0.3, 0.4) is 0 Å². The van der Waals surface area contributed by atoms with E-state index in [1.807, 2.05) is 0 Å². The Bertz CT molecular complexity index is 199. The van der Waals surface area contributed by atoms with Gasteiger partial charge in [-0.3, -0.25) is 4.90 Å². The molecule has 74 valence electrons. The van der Waals surface area contributed by atoms with Gasteiger partial charge in [0.05, 0.1) is 11.0 Å². The first-order valence-electron chi connectivity index (χ1n) is 5.34. The summed E-state index contributed by atoms with van der Waals surface area (Å²) in [6, 6.07) is 1.20. The van der Waals surface area contributed by atoms with Crippen LogP contribution < -0.4 is 5.73 Å². The predicted octanol–water partition coefficient (Wildman–Crippen LogP) is 1.68. The van der Waals surface area contributed by atoms with Crippen molar-refractivity contribution in [2.45, 2.75) is 50.6 Å². The van der Waals surface area contributed by atoms with Gasteiger partial charge in [0.15, 0.2) is 0 Å². The number of likely N-dealkylation sites (tertiary alicyclic amines) is 1. The first-order chi connectivity index (χ1) is 6.29. The van der Waals surface area contributed by atoms with Crippen molar-refractivity contribution >= 4 is 17.2 Å². The minimum absolute atomic E-state index is 0.415. The maximum atomic E-state index is 5.75. The molecule has 1 aliphatic carbocycles. The zero-order valence-corrected chi connectivity index (χ0v) is 8.85. The molecule has 2 N–H and O–H groups in total. The highest BCUT2D eigenvalue weighted by atomic mass is 32.1. The van der Waals surface area contributed by atoms with E-state index < -0.39 is 0 Å². The molecule has 2 rings (SSSR count). The van der Waals surface area contributed by atoms with E-state index in [-0.39, 0.29) is 0 Å². The van der Waals surface area contributed by atoms with E-state index in [1.54, 1.807) is 0 Å². The van der Waals surface area contributed by atoms with Crippen molar-refractivity contribution in [1.29, 1.82) is 0 Å². The van der Waals surface area contributed by atoms with Crippen molar-refractivity contribution in [3.8, 4) is 0 Å². The maximum Gasteiger partial charge on any atom is 0.0902 e. The molecule has 0 aromatic heterocycles. The third-order valence-corrected chi connectivity index (χ3v) is 3.69. The predicted molar refractivity (Wildman–Crippen MR) is 58.8 cm³/mol. The fourth-order valence-electron chi connectivity index (χ4n) is 2.77. The summed E-state index contributed by atoms with van der Waals surface area (Å²) >= 11 is 5.10. The maximum absolute atomic E-state index is 5.75. The summed E-state index contributed by atoms with van der Waals surface area (Å²) in [6.45, 7) is 1.21. The van der Waals surface area contributed by atoms with Gasteiger partial charge in [0.25, 0.3) is 0 Å². The molecule has 0 bridgehead atoms. The van der Waals surface area contributed by atoms with Crippen molar-refractivity contribution in [1.82, 2.24) is 4.90 Å². The van der Waals surface area contributed by atoms with Crippen LogP contribution in [0.2, 0.25) is 0 Å². The molecule has 3 heteroatoms. The van der Waals surface area contributed by atoms with Gasteiger partial charge in [0.1, 0.15) is 0 Å². The third kappa shape index (κ3) is 1.86. The molecule has 0 spiro atoms. The van der Waals surface area contributed by atoms with Crippen LogP contribution in [0.1, 0.15) is 38.5 Å². The number of nitrogens with two attached hydrogens (primary N) is 1. The van der Waals surface area contributed by atoms with E-state index in [0.29, 0.717) is 11.0 Å².